The van der Waals surface area contributed by atoms with Gasteiger partial charge < -0.3 is 0 Å². The second kappa shape index (κ2) is 9.07. The molecule has 2 aliphatic carbocycles. The van der Waals surface area contributed by atoms with E-state index in [-0.39, 0.29) is 36.7 Å². The average Bonchev–Trinajstić information content (AvgIpc) is 3.21. The third-order valence-corrected chi connectivity index (χ3v) is 12.3. The van der Waals surface area contributed by atoms with Gasteiger partial charge in [0.15, 0.2) is 15.6 Å². The van der Waals surface area contributed by atoms with Crippen molar-refractivity contribution in [2.75, 3.05) is 0 Å². The Morgan fingerprint density at radius 1 is 0.707 bits per heavy atom. The van der Waals surface area contributed by atoms with Gasteiger partial charge in [0, 0.05) is 11.1 Å². The van der Waals surface area contributed by atoms with Gasteiger partial charge in [-0.25, -0.2) is 16.8 Å². The van der Waals surface area contributed by atoms with Crippen LogP contribution in [0.4, 0.5) is 0 Å². The molecule has 0 N–H and O–H groups in total. The zero-order valence-corrected chi connectivity index (χ0v) is 25.2. The summed E-state index contributed by atoms with van der Waals surface area (Å²) in [7, 11) is -7.78. The predicted molar refractivity (Wildman–Crippen MR) is 157 cm³/mol. The highest BCUT2D eigenvalue weighted by atomic mass is 32.2. The van der Waals surface area contributed by atoms with Crippen LogP contribution >= 0.6 is 0 Å². The van der Waals surface area contributed by atoms with Gasteiger partial charge in [0.2, 0.25) is 15.6 Å². The summed E-state index contributed by atoms with van der Waals surface area (Å²) in [6.07, 6.45) is 7.82. The number of carbonyl (C=O) groups excluding carboxylic acids is 2. The molecule has 4 aliphatic rings. The molecule has 6 rings (SSSR count). The minimum atomic E-state index is -3.94. The first-order valence-electron chi connectivity index (χ1n) is 13.7. The highest BCUT2D eigenvalue weighted by Gasteiger charge is 2.45. The number of rotatable bonds is 2. The van der Waals surface area contributed by atoms with Gasteiger partial charge in [0.25, 0.3) is 0 Å². The van der Waals surface area contributed by atoms with Gasteiger partial charge in [-0.3, -0.25) is 9.59 Å². The fourth-order valence-electron chi connectivity index (χ4n) is 6.80. The zero-order chi connectivity index (χ0) is 29.5. The molecule has 0 radical (unpaired) electrons. The molecule has 0 bridgehead atoms. The van der Waals surface area contributed by atoms with Crippen LogP contribution in [-0.2, 0) is 19.7 Å². The molecule has 0 fully saturated rings. The Morgan fingerprint density at radius 2 is 1.27 bits per heavy atom. The quantitative estimate of drug-likeness (QED) is 0.378. The van der Waals surface area contributed by atoms with Crippen LogP contribution in [0.3, 0.4) is 0 Å². The van der Waals surface area contributed by atoms with Crippen LogP contribution in [-0.4, -0.2) is 33.7 Å². The van der Waals surface area contributed by atoms with Crippen LogP contribution in [0.1, 0.15) is 74.1 Å². The number of ketones is 2. The van der Waals surface area contributed by atoms with Gasteiger partial charge in [-0.15, -0.1) is 0 Å². The molecule has 1 unspecified atom stereocenters. The standard InChI is InChI=1S/C33H32O6S2/c1-32(2)16-20(14-28-29(34)24-9-5-7-11-26(24)40(28,36)37)13-21(17-32)22-15-23(19-33(3,4)18-22)31-30(35)25-10-6-8-12-27(25)41(31,38)39/h5-15,28H,16-19H2,1-4H3. The van der Waals surface area contributed by atoms with E-state index < -0.39 is 36.5 Å². The van der Waals surface area contributed by atoms with Crippen molar-refractivity contribution in [3.05, 3.63) is 105 Å². The van der Waals surface area contributed by atoms with Crippen molar-refractivity contribution in [1.29, 1.82) is 0 Å². The van der Waals surface area contributed by atoms with Crippen LogP contribution < -0.4 is 0 Å². The van der Waals surface area contributed by atoms with Crippen molar-refractivity contribution >= 4 is 31.2 Å². The van der Waals surface area contributed by atoms with Crippen molar-refractivity contribution in [3.8, 4) is 0 Å². The van der Waals surface area contributed by atoms with Crippen molar-refractivity contribution in [3.63, 3.8) is 0 Å². The molecule has 0 spiro atoms. The number of sulfone groups is 2. The van der Waals surface area contributed by atoms with Gasteiger partial charge in [-0.1, -0.05) is 76.3 Å². The molecule has 1 atom stereocenters. The van der Waals surface area contributed by atoms with E-state index in [1.54, 1.807) is 42.5 Å². The number of allylic oxidation sites excluding steroid dienone is 7. The summed E-state index contributed by atoms with van der Waals surface area (Å²) in [5.74, 6) is -0.882. The van der Waals surface area contributed by atoms with E-state index in [0.29, 0.717) is 31.3 Å². The number of hydrogen-bond acceptors (Lipinski definition) is 6. The average molecular weight is 589 g/mol. The molecule has 0 saturated heterocycles. The normalized spacial score (nSPS) is 28.2. The first kappa shape index (κ1) is 27.8. The first-order valence-corrected chi connectivity index (χ1v) is 16.8. The summed E-state index contributed by atoms with van der Waals surface area (Å²) in [6, 6.07) is 12.7. The lowest BCUT2D eigenvalue weighted by Crippen LogP contribution is -2.25. The van der Waals surface area contributed by atoms with Crippen LogP contribution in [0.15, 0.2) is 104 Å². The van der Waals surface area contributed by atoms with E-state index in [0.717, 1.165) is 16.7 Å². The minimum absolute atomic E-state index is 0.0532. The number of carbonyl (C=O) groups is 2. The largest absolute Gasteiger partial charge is 0.292 e. The molecule has 2 aromatic carbocycles. The van der Waals surface area contributed by atoms with Crippen molar-refractivity contribution in [2.45, 2.75) is 68.4 Å². The van der Waals surface area contributed by atoms with Gasteiger partial charge in [-0.2, -0.15) is 0 Å². The zero-order valence-electron chi connectivity index (χ0n) is 23.5. The maximum Gasteiger partial charge on any atom is 0.211 e. The Labute approximate surface area is 241 Å². The third kappa shape index (κ3) is 4.52. The van der Waals surface area contributed by atoms with Gasteiger partial charge in [0.05, 0.1) is 9.79 Å². The minimum Gasteiger partial charge on any atom is -0.292 e. The Balaban J connectivity index is 1.47. The second-order valence-corrected chi connectivity index (χ2v) is 17.0. The monoisotopic (exact) mass is 588 g/mol. The third-order valence-electron chi connectivity index (χ3n) is 8.42. The molecular weight excluding hydrogens is 556 g/mol. The number of fused-ring (bicyclic) bond motifs is 2. The van der Waals surface area contributed by atoms with E-state index >= 15 is 0 Å². The Bertz CT molecular complexity index is 1900. The molecule has 212 valence electrons. The van der Waals surface area contributed by atoms with Gasteiger partial charge in [0.1, 0.15) is 10.2 Å². The first-order chi connectivity index (χ1) is 19.1. The molecule has 0 aromatic heterocycles. The van der Waals surface area contributed by atoms with E-state index in [1.807, 2.05) is 12.2 Å². The highest BCUT2D eigenvalue weighted by Crippen LogP contribution is 2.49. The summed E-state index contributed by atoms with van der Waals surface area (Å²) < 4.78 is 53.6. The fraction of sp³-hybridized carbons (Fsp3) is 0.333. The van der Waals surface area contributed by atoms with Crippen molar-refractivity contribution < 1.29 is 26.4 Å². The molecule has 8 heteroatoms. The predicted octanol–water partition coefficient (Wildman–Crippen LogP) is 6.37. The van der Waals surface area contributed by atoms with Gasteiger partial charge >= 0.3 is 0 Å². The van der Waals surface area contributed by atoms with Crippen LogP contribution in [0, 0.1) is 10.8 Å². The Morgan fingerprint density at radius 3 is 1.90 bits per heavy atom. The molecule has 2 aliphatic heterocycles. The lowest BCUT2D eigenvalue weighted by molar-refractivity contribution is 0.0999. The molecule has 2 heterocycles. The maximum atomic E-state index is 13.5. The molecule has 0 saturated carbocycles. The molecule has 6 nitrogen and oxygen atoms in total. The molecule has 2 aromatic rings. The summed E-state index contributed by atoms with van der Waals surface area (Å²) in [5, 5.41) is -1.27. The summed E-state index contributed by atoms with van der Waals surface area (Å²) in [6.45, 7) is 8.32. The highest BCUT2D eigenvalue weighted by molar-refractivity contribution is 7.97. The van der Waals surface area contributed by atoms with Crippen molar-refractivity contribution in [2.24, 2.45) is 10.8 Å². The topological polar surface area (TPSA) is 102 Å². The SMILES string of the molecule is CC1(C)CC(=CC2C(=O)c3ccccc3S2(=O)=O)C=C(C2=CC(=C3C(=O)c4ccccc4S3(=O)=O)CC(C)(C)C2)C1. The van der Waals surface area contributed by atoms with E-state index in [2.05, 4.69) is 27.7 Å². The second-order valence-electron chi connectivity index (χ2n) is 13.1. The summed E-state index contributed by atoms with van der Waals surface area (Å²) in [5.41, 5.74) is 3.08. The molecule has 41 heavy (non-hydrogen) atoms. The number of hydrogen-bond donors (Lipinski definition) is 0. The van der Waals surface area contributed by atoms with E-state index in [1.165, 1.54) is 12.1 Å². The Hall–Kier alpha value is -3.36. The maximum absolute atomic E-state index is 13.5. The van der Waals surface area contributed by atoms with E-state index in [9.17, 15) is 26.4 Å². The lowest BCUT2D eigenvalue weighted by atomic mass is 9.68. The van der Waals surface area contributed by atoms with Crippen molar-refractivity contribution in [1.82, 2.24) is 0 Å². The fourth-order valence-corrected chi connectivity index (χ4v) is 10.3. The summed E-state index contributed by atoms with van der Waals surface area (Å²) in [4.78, 5) is 26.5. The van der Waals surface area contributed by atoms with E-state index in [4.69, 9.17) is 0 Å². The number of benzene rings is 2. The molecule has 0 amide bonds. The Kier molecular flexibility index (Phi) is 6.15. The smallest absolute Gasteiger partial charge is 0.211 e. The van der Waals surface area contributed by atoms with Crippen LogP contribution in [0.5, 0.6) is 0 Å². The lowest BCUT2D eigenvalue weighted by Gasteiger charge is -2.37. The number of Topliss-reactive ketones (excluding diaryl/α,β-unsaturated/α-hetero) is 2. The molecular formula is C33H32O6S2. The van der Waals surface area contributed by atoms with Crippen LogP contribution in [0.2, 0.25) is 0 Å². The summed E-state index contributed by atoms with van der Waals surface area (Å²) >= 11 is 0. The van der Waals surface area contributed by atoms with Gasteiger partial charge in [-0.05, 0) is 77.0 Å². The van der Waals surface area contributed by atoms with Crippen LogP contribution in [0.25, 0.3) is 0 Å².